The second-order valence-corrected chi connectivity index (χ2v) is 9.21. The van der Waals surface area contributed by atoms with E-state index in [1.807, 2.05) is 26.0 Å². The minimum Gasteiger partial charge on any atom is -0.349 e. The van der Waals surface area contributed by atoms with Crippen molar-refractivity contribution < 1.29 is 18.0 Å². The van der Waals surface area contributed by atoms with Crippen molar-refractivity contribution in [3.8, 4) is 0 Å². The van der Waals surface area contributed by atoms with Crippen molar-refractivity contribution in [3.63, 3.8) is 0 Å². The molecule has 2 aromatic rings. The number of nitrogens with zero attached hydrogens (tertiary/aromatic N) is 1. The Kier molecular flexibility index (Phi) is 8.38. The van der Waals surface area contributed by atoms with Gasteiger partial charge < -0.3 is 10.6 Å². The van der Waals surface area contributed by atoms with Crippen molar-refractivity contribution in [2.24, 2.45) is 0 Å². The number of sulfonamides is 1. The van der Waals surface area contributed by atoms with Crippen molar-refractivity contribution in [2.45, 2.75) is 26.7 Å². The lowest BCUT2D eigenvalue weighted by molar-refractivity contribution is -0.116. The van der Waals surface area contributed by atoms with Gasteiger partial charge in [-0.2, -0.15) is 0 Å². The summed E-state index contributed by atoms with van der Waals surface area (Å²) in [6, 6.07) is 12.2. The quantitative estimate of drug-likeness (QED) is 0.550. The average Bonchev–Trinajstić information content (AvgIpc) is 2.71. The number of nitrogens with one attached hydrogen (secondary N) is 2. The van der Waals surface area contributed by atoms with Gasteiger partial charge in [-0.25, -0.2) is 8.42 Å². The fourth-order valence-electron chi connectivity index (χ4n) is 3.01. The second kappa shape index (κ2) is 10.8. The molecule has 166 valence electrons. The van der Waals surface area contributed by atoms with Crippen molar-refractivity contribution in [2.75, 3.05) is 29.0 Å². The molecule has 2 N–H and O–H groups in total. The van der Waals surface area contributed by atoms with Crippen LogP contribution in [0.3, 0.4) is 0 Å². The SMILES string of the molecule is C=CCNC(=O)c1ccccc1NC(=O)CCCN(c1ccc(C)c(C)c1)S(C)(=O)=O. The van der Waals surface area contributed by atoms with E-state index in [4.69, 9.17) is 0 Å². The molecule has 0 aliphatic carbocycles. The van der Waals surface area contributed by atoms with Gasteiger partial charge in [0, 0.05) is 19.5 Å². The van der Waals surface area contributed by atoms with E-state index in [2.05, 4.69) is 17.2 Å². The van der Waals surface area contributed by atoms with Gasteiger partial charge in [0.05, 0.1) is 23.2 Å². The molecule has 31 heavy (non-hydrogen) atoms. The molecule has 2 aromatic carbocycles. The number of carbonyl (C=O) groups is 2. The zero-order valence-electron chi connectivity index (χ0n) is 18.1. The van der Waals surface area contributed by atoms with Gasteiger partial charge in [-0.3, -0.25) is 13.9 Å². The minimum absolute atomic E-state index is 0.111. The molecule has 0 bridgehead atoms. The van der Waals surface area contributed by atoms with Crippen molar-refractivity contribution in [3.05, 3.63) is 71.8 Å². The van der Waals surface area contributed by atoms with Crippen LogP contribution in [-0.4, -0.2) is 39.6 Å². The lowest BCUT2D eigenvalue weighted by atomic mass is 10.1. The third kappa shape index (κ3) is 6.96. The number of para-hydroxylation sites is 1. The molecule has 0 aromatic heterocycles. The van der Waals surface area contributed by atoms with Crippen molar-refractivity contribution in [1.29, 1.82) is 0 Å². The maximum Gasteiger partial charge on any atom is 0.253 e. The van der Waals surface area contributed by atoms with Crippen LogP contribution in [0.1, 0.15) is 34.3 Å². The summed E-state index contributed by atoms with van der Waals surface area (Å²) in [5.41, 5.74) is 3.41. The zero-order chi connectivity index (χ0) is 23.0. The molecule has 0 saturated heterocycles. The lowest BCUT2D eigenvalue weighted by Crippen LogP contribution is -2.31. The first-order valence-corrected chi connectivity index (χ1v) is 11.8. The maximum absolute atomic E-state index is 12.4. The summed E-state index contributed by atoms with van der Waals surface area (Å²) in [7, 11) is -3.49. The van der Waals surface area contributed by atoms with Gasteiger partial charge in [-0.1, -0.05) is 24.3 Å². The Hall–Kier alpha value is -3.13. The van der Waals surface area contributed by atoms with E-state index in [-0.39, 0.29) is 24.8 Å². The van der Waals surface area contributed by atoms with E-state index in [1.54, 1.807) is 36.4 Å². The van der Waals surface area contributed by atoms with Crippen LogP contribution in [0.2, 0.25) is 0 Å². The van der Waals surface area contributed by atoms with E-state index >= 15 is 0 Å². The van der Waals surface area contributed by atoms with Crippen LogP contribution in [0, 0.1) is 13.8 Å². The van der Waals surface area contributed by atoms with Gasteiger partial charge in [0.1, 0.15) is 0 Å². The summed E-state index contributed by atoms with van der Waals surface area (Å²) in [4.78, 5) is 24.7. The summed E-state index contributed by atoms with van der Waals surface area (Å²) in [6.07, 6.45) is 3.17. The zero-order valence-corrected chi connectivity index (χ0v) is 19.0. The Balaban J connectivity index is 2.03. The van der Waals surface area contributed by atoms with Crippen molar-refractivity contribution >= 4 is 33.2 Å². The smallest absolute Gasteiger partial charge is 0.253 e. The summed E-state index contributed by atoms with van der Waals surface area (Å²) in [5.74, 6) is -0.605. The Morgan fingerprint density at radius 3 is 2.45 bits per heavy atom. The molecule has 0 heterocycles. The summed E-state index contributed by atoms with van der Waals surface area (Å²) in [6.45, 7) is 7.95. The first kappa shape index (κ1) is 24.1. The third-order valence-electron chi connectivity index (χ3n) is 4.80. The van der Waals surface area contributed by atoms with Gasteiger partial charge >= 0.3 is 0 Å². The monoisotopic (exact) mass is 443 g/mol. The van der Waals surface area contributed by atoms with Crippen LogP contribution >= 0.6 is 0 Å². The number of carbonyl (C=O) groups excluding carboxylic acids is 2. The highest BCUT2D eigenvalue weighted by Gasteiger charge is 2.18. The van der Waals surface area contributed by atoms with Crippen LogP contribution in [-0.2, 0) is 14.8 Å². The van der Waals surface area contributed by atoms with Gasteiger partial charge in [-0.15, -0.1) is 6.58 Å². The van der Waals surface area contributed by atoms with Crippen LogP contribution in [0.25, 0.3) is 0 Å². The average molecular weight is 444 g/mol. The topological polar surface area (TPSA) is 95.6 Å². The number of amides is 2. The molecule has 0 aliphatic rings. The van der Waals surface area contributed by atoms with E-state index in [9.17, 15) is 18.0 Å². The van der Waals surface area contributed by atoms with Gasteiger partial charge in [-0.05, 0) is 55.7 Å². The summed E-state index contributed by atoms with van der Waals surface area (Å²) >= 11 is 0. The van der Waals surface area contributed by atoms with Crippen LogP contribution < -0.4 is 14.9 Å². The standard InChI is InChI=1S/C23H29N3O4S/c1-5-14-24-23(28)20-9-6-7-10-21(20)25-22(27)11-8-15-26(31(4,29)30)19-13-12-17(2)18(3)16-19/h5-7,9-10,12-13,16H,1,8,11,14-15H2,2-4H3,(H,24,28)(H,25,27). The van der Waals surface area contributed by atoms with Crippen LogP contribution in [0.15, 0.2) is 55.1 Å². The van der Waals surface area contributed by atoms with E-state index in [1.165, 1.54) is 4.31 Å². The minimum atomic E-state index is -3.49. The molecule has 7 nitrogen and oxygen atoms in total. The largest absolute Gasteiger partial charge is 0.349 e. The summed E-state index contributed by atoms with van der Waals surface area (Å²) < 4.78 is 25.9. The first-order valence-electron chi connectivity index (χ1n) is 9.96. The van der Waals surface area contributed by atoms with Crippen LogP contribution in [0.5, 0.6) is 0 Å². The number of rotatable bonds is 10. The molecule has 0 fully saturated rings. The third-order valence-corrected chi connectivity index (χ3v) is 5.99. The Morgan fingerprint density at radius 1 is 1.10 bits per heavy atom. The predicted molar refractivity (Wildman–Crippen MR) is 125 cm³/mol. The number of benzene rings is 2. The fourth-order valence-corrected chi connectivity index (χ4v) is 3.97. The van der Waals surface area contributed by atoms with Gasteiger partial charge in [0.25, 0.3) is 5.91 Å². The molecular formula is C23H29N3O4S. The normalized spacial score (nSPS) is 10.9. The molecule has 2 rings (SSSR count). The second-order valence-electron chi connectivity index (χ2n) is 7.30. The number of aryl methyl sites for hydroxylation is 2. The molecule has 0 saturated carbocycles. The number of anilines is 2. The van der Waals surface area contributed by atoms with E-state index in [0.29, 0.717) is 29.9 Å². The Labute approximate surface area is 184 Å². The molecule has 8 heteroatoms. The first-order chi connectivity index (χ1) is 14.6. The fraction of sp³-hybridized carbons (Fsp3) is 0.304. The molecule has 0 unspecified atom stereocenters. The molecule has 2 amide bonds. The highest BCUT2D eigenvalue weighted by molar-refractivity contribution is 7.92. The number of hydrogen-bond donors (Lipinski definition) is 2. The summed E-state index contributed by atoms with van der Waals surface area (Å²) in [5, 5.41) is 5.43. The molecule has 0 radical (unpaired) electrons. The van der Waals surface area contributed by atoms with E-state index < -0.39 is 10.0 Å². The lowest BCUT2D eigenvalue weighted by Gasteiger charge is -2.23. The Morgan fingerprint density at radius 2 is 1.81 bits per heavy atom. The van der Waals surface area contributed by atoms with Crippen LogP contribution in [0.4, 0.5) is 11.4 Å². The highest BCUT2D eigenvalue weighted by Crippen LogP contribution is 2.22. The van der Waals surface area contributed by atoms with E-state index in [0.717, 1.165) is 17.4 Å². The molecular weight excluding hydrogens is 414 g/mol. The van der Waals surface area contributed by atoms with Gasteiger partial charge in [0.2, 0.25) is 15.9 Å². The van der Waals surface area contributed by atoms with Gasteiger partial charge in [0.15, 0.2) is 0 Å². The highest BCUT2D eigenvalue weighted by atomic mass is 32.2. The molecule has 0 aliphatic heterocycles. The van der Waals surface area contributed by atoms with Crippen molar-refractivity contribution in [1.82, 2.24) is 5.32 Å². The Bertz CT molecular complexity index is 1060. The number of hydrogen-bond acceptors (Lipinski definition) is 4. The predicted octanol–water partition coefficient (Wildman–Crippen LogP) is 3.40. The maximum atomic E-state index is 12.4. The molecule has 0 atom stereocenters. The molecule has 0 spiro atoms.